The number of benzene rings is 2. The van der Waals surface area contributed by atoms with Gasteiger partial charge in [-0.1, -0.05) is 50.2 Å². The lowest BCUT2D eigenvalue weighted by atomic mass is 9.43. The Hall–Kier alpha value is -1.38. The molecule has 0 aliphatic heterocycles. The number of hydrogen-bond acceptors (Lipinski definition) is 2. The van der Waals surface area contributed by atoms with Gasteiger partial charge in [0.2, 0.25) is 0 Å². The molecule has 4 atom stereocenters. The maximum absolute atomic E-state index is 10.6. The maximum atomic E-state index is 10.6. The molecule has 0 spiro atoms. The lowest BCUT2D eigenvalue weighted by Crippen LogP contribution is -2.67. The van der Waals surface area contributed by atoms with Crippen LogP contribution >= 0.6 is 0 Å². The third-order valence-corrected chi connectivity index (χ3v) is 6.70. The van der Waals surface area contributed by atoms with E-state index in [0.717, 1.165) is 6.42 Å². The van der Waals surface area contributed by atoms with Crippen molar-refractivity contribution < 1.29 is 9.84 Å². The van der Waals surface area contributed by atoms with E-state index in [9.17, 15) is 5.11 Å². The third-order valence-electron chi connectivity index (χ3n) is 6.70. The van der Waals surface area contributed by atoms with Crippen LogP contribution in [0.2, 0.25) is 0 Å². The number of aliphatic hydroxyl groups excluding tert-OH is 1. The van der Waals surface area contributed by atoms with Crippen molar-refractivity contribution in [1.82, 2.24) is 0 Å². The molecule has 0 saturated heterocycles. The van der Waals surface area contributed by atoms with Gasteiger partial charge >= 0.3 is 0 Å². The van der Waals surface area contributed by atoms with Crippen molar-refractivity contribution in [3.05, 3.63) is 48.0 Å². The molecule has 2 nitrogen and oxygen atoms in total. The van der Waals surface area contributed by atoms with Crippen LogP contribution in [-0.2, 0) is 11.3 Å². The highest BCUT2D eigenvalue weighted by Crippen LogP contribution is 2.63. The summed E-state index contributed by atoms with van der Waals surface area (Å²) in [6.45, 7) is 7.33. The average Bonchev–Trinajstić information content (AvgIpc) is 2.55. The first-order valence-electron chi connectivity index (χ1n) is 8.71. The van der Waals surface area contributed by atoms with Crippen molar-refractivity contribution in [3.63, 3.8) is 0 Å². The lowest BCUT2D eigenvalue weighted by molar-refractivity contribution is -0.269. The predicted octanol–water partition coefficient (Wildman–Crippen LogP) is 4.54. The van der Waals surface area contributed by atoms with Crippen molar-refractivity contribution in [2.24, 2.45) is 17.3 Å². The summed E-state index contributed by atoms with van der Waals surface area (Å²) in [6, 6.07) is 14.9. The molecule has 3 saturated carbocycles. The third kappa shape index (κ3) is 2.23. The Morgan fingerprint density at radius 2 is 1.78 bits per heavy atom. The first-order valence-corrected chi connectivity index (χ1v) is 8.71. The molecule has 0 heterocycles. The van der Waals surface area contributed by atoms with Gasteiger partial charge in [-0.15, -0.1) is 0 Å². The topological polar surface area (TPSA) is 29.5 Å². The minimum Gasteiger partial charge on any atom is -0.390 e. The molecule has 5 rings (SSSR count). The smallest absolute Gasteiger partial charge is 0.0950 e. The highest BCUT2D eigenvalue weighted by atomic mass is 16.5. The highest BCUT2D eigenvalue weighted by molar-refractivity contribution is 5.82. The minimum absolute atomic E-state index is 0.289. The molecule has 0 radical (unpaired) electrons. The number of rotatable bonds is 3. The molecule has 0 amide bonds. The highest BCUT2D eigenvalue weighted by Gasteiger charge is 2.63. The van der Waals surface area contributed by atoms with E-state index in [1.165, 1.54) is 22.8 Å². The second-order valence-corrected chi connectivity index (χ2v) is 8.21. The minimum atomic E-state index is -0.427. The Bertz CT molecular complexity index is 735. The van der Waals surface area contributed by atoms with E-state index < -0.39 is 5.60 Å². The molecular formula is C21H26O2. The van der Waals surface area contributed by atoms with Gasteiger partial charge in [-0.25, -0.2) is 0 Å². The van der Waals surface area contributed by atoms with E-state index in [-0.39, 0.29) is 11.5 Å². The van der Waals surface area contributed by atoms with Crippen molar-refractivity contribution in [2.75, 3.05) is 0 Å². The largest absolute Gasteiger partial charge is 0.390 e. The molecule has 0 aromatic heterocycles. The van der Waals surface area contributed by atoms with E-state index in [4.69, 9.17) is 4.74 Å². The van der Waals surface area contributed by atoms with Crippen LogP contribution in [0.4, 0.5) is 0 Å². The maximum Gasteiger partial charge on any atom is 0.0950 e. The van der Waals surface area contributed by atoms with Gasteiger partial charge in [0.15, 0.2) is 0 Å². The second kappa shape index (κ2) is 5.06. The number of hydrogen-bond donors (Lipinski definition) is 1. The molecule has 23 heavy (non-hydrogen) atoms. The Balaban J connectivity index is 1.55. The SMILES string of the molecule is CC1(C)[C@@H]2C[C@@H](O)[C@@](C)(OCc3ccc4ccccc4c3)[C@H]1C2. The fourth-order valence-electron chi connectivity index (χ4n) is 4.89. The summed E-state index contributed by atoms with van der Waals surface area (Å²) in [4.78, 5) is 0. The van der Waals surface area contributed by atoms with Crippen molar-refractivity contribution in [1.29, 1.82) is 0 Å². The van der Waals surface area contributed by atoms with Crippen LogP contribution in [0.1, 0.15) is 39.2 Å². The zero-order valence-corrected chi connectivity index (χ0v) is 14.3. The molecule has 3 aliphatic rings. The van der Waals surface area contributed by atoms with Gasteiger partial charge in [-0.05, 0) is 59.4 Å². The Labute approximate surface area is 138 Å². The van der Waals surface area contributed by atoms with Gasteiger partial charge in [0.1, 0.15) is 0 Å². The average molecular weight is 310 g/mol. The van der Waals surface area contributed by atoms with Crippen molar-refractivity contribution in [2.45, 2.75) is 51.9 Å². The first kappa shape index (κ1) is 15.2. The standard InChI is InChI=1S/C21H26O2/c1-20(2)17-11-18(20)21(3,19(22)12-17)23-13-14-8-9-15-6-4-5-7-16(15)10-14/h4-10,17-19,22H,11-13H2,1-3H3/t17-,18-,19+,21-/m0/s1. The van der Waals surface area contributed by atoms with Gasteiger partial charge in [0, 0.05) is 0 Å². The van der Waals surface area contributed by atoms with Crippen molar-refractivity contribution >= 4 is 10.8 Å². The fourth-order valence-corrected chi connectivity index (χ4v) is 4.89. The monoisotopic (exact) mass is 310 g/mol. The van der Waals surface area contributed by atoms with Crippen molar-refractivity contribution in [3.8, 4) is 0 Å². The summed E-state index contributed by atoms with van der Waals surface area (Å²) >= 11 is 0. The quantitative estimate of drug-likeness (QED) is 0.901. The first-order chi connectivity index (χ1) is 10.9. The molecule has 122 valence electrons. The molecule has 2 aromatic carbocycles. The van der Waals surface area contributed by atoms with Crippen LogP contribution in [0, 0.1) is 17.3 Å². The van der Waals surface area contributed by atoms with Gasteiger partial charge in [0.05, 0.1) is 18.3 Å². The van der Waals surface area contributed by atoms with Crippen LogP contribution in [0.3, 0.4) is 0 Å². The van der Waals surface area contributed by atoms with E-state index in [1.54, 1.807) is 0 Å². The van der Waals surface area contributed by atoms with E-state index >= 15 is 0 Å². The Morgan fingerprint density at radius 1 is 1.04 bits per heavy atom. The van der Waals surface area contributed by atoms with Crippen LogP contribution in [-0.4, -0.2) is 16.8 Å². The summed E-state index contributed by atoms with van der Waals surface area (Å²) in [5.74, 6) is 1.10. The van der Waals surface area contributed by atoms with Gasteiger partial charge < -0.3 is 9.84 Å². The summed E-state index contributed by atoms with van der Waals surface area (Å²) < 4.78 is 6.35. The zero-order chi connectivity index (χ0) is 16.2. The summed E-state index contributed by atoms with van der Waals surface area (Å²) in [7, 11) is 0. The molecule has 3 aliphatic carbocycles. The summed E-state index contributed by atoms with van der Waals surface area (Å²) in [5, 5.41) is 13.1. The molecule has 3 fully saturated rings. The number of aliphatic hydroxyl groups is 1. The number of fused-ring (bicyclic) bond motifs is 3. The fraction of sp³-hybridized carbons (Fsp3) is 0.524. The van der Waals surface area contributed by atoms with E-state index in [1.807, 2.05) is 0 Å². The molecule has 0 unspecified atom stereocenters. The molecular weight excluding hydrogens is 284 g/mol. The normalized spacial score (nSPS) is 35.0. The second-order valence-electron chi connectivity index (χ2n) is 8.21. The number of ether oxygens (including phenoxy) is 1. The molecule has 2 heteroatoms. The van der Waals surface area contributed by atoms with Gasteiger partial charge in [-0.3, -0.25) is 0 Å². The Morgan fingerprint density at radius 3 is 2.52 bits per heavy atom. The van der Waals surface area contributed by atoms with E-state index in [2.05, 4.69) is 63.2 Å². The predicted molar refractivity (Wildman–Crippen MR) is 93.1 cm³/mol. The summed E-state index contributed by atoms with van der Waals surface area (Å²) in [6.07, 6.45) is 1.72. The van der Waals surface area contributed by atoms with Crippen LogP contribution in [0.5, 0.6) is 0 Å². The van der Waals surface area contributed by atoms with Crippen LogP contribution in [0.15, 0.2) is 42.5 Å². The van der Waals surface area contributed by atoms with Gasteiger partial charge in [0.25, 0.3) is 0 Å². The Kier molecular flexibility index (Phi) is 3.33. The zero-order valence-electron chi connectivity index (χ0n) is 14.3. The summed E-state index contributed by atoms with van der Waals surface area (Å²) in [5.41, 5.74) is 1.04. The lowest BCUT2D eigenvalue weighted by Gasteiger charge is -2.65. The van der Waals surface area contributed by atoms with Crippen LogP contribution in [0.25, 0.3) is 10.8 Å². The van der Waals surface area contributed by atoms with Crippen LogP contribution < -0.4 is 0 Å². The van der Waals surface area contributed by atoms with E-state index in [0.29, 0.717) is 18.4 Å². The van der Waals surface area contributed by atoms with Gasteiger partial charge in [-0.2, -0.15) is 0 Å². The molecule has 1 N–H and O–H groups in total. The molecule has 2 aromatic rings. The molecule has 2 bridgehead atoms.